The Morgan fingerprint density at radius 2 is 1.93 bits per heavy atom. The van der Waals surface area contributed by atoms with E-state index in [9.17, 15) is 9.59 Å². The van der Waals surface area contributed by atoms with Crippen LogP contribution in [0.15, 0.2) is 29.1 Å². The molecule has 1 fully saturated rings. The summed E-state index contributed by atoms with van der Waals surface area (Å²) in [5, 5.41) is 2.95. The zero-order chi connectivity index (χ0) is 20.3. The summed E-state index contributed by atoms with van der Waals surface area (Å²) < 4.78 is 0. The molecule has 5 nitrogen and oxygen atoms in total. The number of nitrogens with zero attached hydrogens (tertiary/aromatic N) is 1. The van der Waals surface area contributed by atoms with Gasteiger partial charge in [-0.3, -0.25) is 9.59 Å². The highest BCUT2D eigenvalue weighted by atomic mass is 16.1. The number of aromatic nitrogens is 1. The number of rotatable bonds is 6. The number of pyridine rings is 1. The Kier molecular flexibility index (Phi) is 6.22. The summed E-state index contributed by atoms with van der Waals surface area (Å²) in [6.45, 7) is 6.08. The monoisotopic (exact) mass is 381 g/mol. The van der Waals surface area contributed by atoms with Crippen molar-refractivity contribution >= 4 is 11.6 Å². The van der Waals surface area contributed by atoms with Gasteiger partial charge in [0.2, 0.25) is 0 Å². The van der Waals surface area contributed by atoms with E-state index in [1.54, 1.807) is 0 Å². The molecule has 1 amide bonds. The first-order valence-corrected chi connectivity index (χ1v) is 10.2. The van der Waals surface area contributed by atoms with Gasteiger partial charge >= 0.3 is 0 Å². The molecule has 0 aliphatic heterocycles. The molecule has 1 aliphatic carbocycles. The van der Waals surface area contributed by atoms with Crippen LogP contribution in [0.5, 0.6) is 0 Å². The molecular weight excluding hydrogens is 350 g/mol. The van der Waals surface area contributed by atoms with Crippen molar-refractivity contribution in [3.63, 3.8) is 0 Å². The van der Waals surface area contributed by atoms with E-state index < -0.39 is 0 Å². The molecule has 0 saturated heterocycles. The van der Waals surface area contributed by atoms with Crippen molar-refractivity contribution in [3.8, 4) is 0 Å². The van der Waals surface area contributed by atoms with Gasteiger partial charge in [-0.2, -0.15) is 0 Å². The number of anilines is 1. The Bertz CT molecular complexity index is 911. The fourth-order valence-electron chi connectivity index (χ4n) is 4.34. The van der Waals surface area contributed by atoms with Gasteiger partial charge in [0.15, 0.2) is 0 Å². The van der Waals surface area contributed by atoms with E-state index in [0.29, 0.717) is 17.2 Å². The first kappa shape index (κ1) is 20.2. The summed E-state index contributed by atoms with van der Waals surface area (Å²) in [5.74, 6) is -0.127. The number of aromatic amines is 1. The van der Waals surface area contributed by atoms with E-state index in [4.69, 9.17) is 0 Å². The molecule has 0 radical (unpaired) electrons. The van der Waals surface area contributed by atoms with E-state index in [2.05, 4.69) is 35.2 Å². The predicted molar refractivity (Wildman–Crippen MR) is 114 cm³/mol. The Balaban J connectivity index is 1.82. The standard InChI is InChI=1S/C23H31N3O2/c1-5-18-19(11-8-12-21(18)26(4)17-9-6-7-10-17)22(27)24-14-20-15(2)13-16(3)25-23(20)28/h8,11-13,17H,5-7,9-10,14H2,1-4H3,(H,24,27)(H,25,28). The van der Waals surface area contributed by atoms with Crippen LogP contribution in [0.25, 0.3) is 0 Å². The van der Waals surface area contributed by atoms with E-state index in [1.165, 1.54) is 25.7 Å². The number of nitrogens with one attached hydrogen (secondary N) is 2. The lowest BCUT2D eigenvalue weighted by molar-refractivity contribution is 0.0950. The molecule has 3 rings (SSSR count). The Hall–Kier alpha value is -2.56. The summed E-state index contributed by atoms with van der Waals surface area (Å²) in [6.07, 6.45) is 5.78. The summed E-state index contributed by atoms with van der Waals surface area (Å²) in [5.41, 5.74) is 5.11. The molecular formula is C23H31N3O2. The van der Waals surface area contributed by atoms with Gasteiger partial charge in [0.25, 0.3) is 11.5 Å². The number of hydrogen-bond acceptors (Lipinski definition) is 3. The smallest absolute Gasteiger partial charge is 0.253 e. The fourth-order valence-corrected chi connectivity index (χ4v) is 4.34. The van der Waals surface area contributed by atoms with Crippen LogP contribution >= 0.6 is 0 Å². The van der Waals surface area contributed by atoms with E-state index >= 15 is 0 Å². The van der Waals surface area contributed by atoms with Gasteiger partial charge in [0, 0.05) is 42.1 Å². The topological polar surface area (TPSA) is 65.2 Å². The maximum atomic E-state index is 12.9. The molecule has 1 saturated carbocycles. The lowest BCUT2D eigenvalue weighted by Gasteiger charge is -2.29. The summed E-state index contributed by atoms with van der Waals surface area (Å²) >= 11 is 0. The fraction of sp³-hybridized carbons (Fsp3) is 0.478. The Morgan fingerprint density at radius 3 is 2.57 bits per heavy atom. The van der Waals surface area contributed by atoms with Crippen LogP contribution in [0.1, 0.15) is 65.3 Å². The van der Waals surface area contributed by atoms with Gasteiger partial charge in [-0.1, -0.05) is 25.8 Å². The normalized spacial score (nSPS) is 14.3. The van der Waals surface area contributed by atoms with E-state index in [1.807, 2.05) is 32.0 Å². The van der Waals surface area contributed by atoms with Crippen molar-refractivity contribution in [1.29, 1.82) is 0 Å². The molecule has 5 heteroatoms. The van der Waals surface area contributed by atoms with Gasteiger partial charge in [-0.25, -0.2) is 0 Å². The average molecular weight is 382 g/mol. The van der Waals surface area contributed by atoms with Gasteiger partial charge < -0.3 is 15.2 Å². The van der Waals surface area contributed by atoms with E-state index in [0.717, 1.165) is 28.9 Å². The number of aryl methyl sites for hydroxylation is 2. The largest absolute Gasteiger partial charge is 0.371 e. The minimum absolute atomic E-state index is 0.127. The SMILES string of the molecule is CCc1c(C(=O)NCc2c(C)cc(C)[nH]c2=O)cccc1N(C)C1CCCC1. The highest BCUT2D eigenvalue weighted by Crippen LogP contribution is 2.31. The molecule has 0 atom stereocenters. The second-order valence-electron chi connectivity index (χ2n) is 7.83. The third kappa shape index (κ3) is 4.13. The van der Waals surface area contributed by atoms with Crippen LogP contribution in [-0.2, 0) is 13.0 Å². The Morgan fingerprint density at radius 1 is 1.21 bits per heavy atom. The molecule has 150 valence electrons. The molecule has 0 bridgehead atoms. The van der Waals surface area contributed by atoms with Crippen LogP contribution in [0.3, 0.4) is 0 Å². The minimum Gasteiger partial charge on any atom is -0.371 e. The first-order chi connectivity index (χ1) is 13.4. The van der Waals surface area contributed by atoms with E-state index in [-0.39, 0.29) is 18.0 Å². The van der Waals surface area contributed by atoms with Crippen LogP contribution in [0.2, 0.25) is 0 Å². The number of H-pyrrole nitrogens is 1. The maximum Gasteiger partial charge on any atom is 0.253 e. The lowest BCUT2D eigenvalue weighted by Crippen LogP contribution is -2.31. The molecule has 0 unspecified atom stereocenters. The molecule has 28 heavy (non-hydrogen) atoms. The molecule has 1 aliphatic rings. The summed E-state index contributed by atoms with van der Waals surface area (Å²) in [6, 6.07) is 8.43. The number of carbonyl (C=O) groups excluding carboxylic acids is 1. The zero-order valence-corrected chi connectivity index (χ0v) is 17.4. The van der Waals surface area contributed by atoms with Crippen molar-refractivity contribution in [2.75, 3.05) is 11.9 Å². The molecule has 2 N–H and O–H groups in total. The van der Waals surface area contributed by atoms with Crippen LogP contribution in [-0.4, -0.2) is 24.0 Å². The third-order valence-corrected chi connectivity index (χ3v) is 5.92. The first-order valence-electron chi connectivity index (χ1n) is 10.2. The average Bonchev–Trinajstić information content (AvgIpc) is 3.20. The van der Waals surface area contributed by atoms with Gasteiger partial charge in [0.1, 0.15) is 0 Å². The molecule has 2 aromatic rings. The predicted octanol–water partition coefficient (Wildman–Crippen LogP) is 3.86. The summed E-state index contributed by atoms with van der Waals surface area (Å²) in [7, 11) is 2.14. The highest BCUT2D eigenvalue weighted by molar-refractivity contribution is 5.97. The van der Waals surface area contributed by atoms with Crippen molar-refractivity contribution in [3.05, 3.63) is 62.6 Å². The van der Waals surface area contributed by atoms with Crippen LogP contribution < -0.4 is 15.8 Å². The zero-order valence-electron chi connectivity index (χ0n) is 17.4. The number of amides is 1. The van der Waals surface area contributed by atoms with Crippen molar-refractivity contribution in [2.24, 2.45) is 0 Å². The molecule has 1 aromatic heterocycles. The van der Waals surface area contributed by atoms with Gasteiger partial charge in [-0.15, -0.1) is 0 Å². The van der Waals surface area contributed by atoms with Crippen molar-refractivity contribution in [1.82, 2.24) is 10.3 Å². The van der Waals surface area contributed by atoms with Gasteiger partial charge in [-0.05, 0) is 62.4 Å². The number of hydrogen-bond donors (Lipinski definition) is 2. The molecule has 1 aromatic carbocycles. The minimum atomic E-state index is -0.136. The lowest BCUT2D eigenvalue weighted by atomic mass is 10.00. The second-order valence-corrected chi connectivity index (χ2v) is 7.83. The third-order valence-electron chi connectivity index (χ3n) is 5.92. The quantitative estimate of drug-likeness (QED) is 0.798. The van der Waals surface area contributed by atoms with Crippen LogP contribution in [0, 0.1) is 13.8 Å². The number of carbonyl (C=O) groups is 1. The van der Waals surface area contributed by atoms with Gasteiger partial charge in [0.05, 0.1) is 0 Å². The maximum absolute atomic E-state index is 12.9. The molecule has 0 spiro atoms. The highest BCUT2D eigenvalue weighted by Gasteiger charge is 2.23. The molecule has 1 heterocycles. The van der Waals surface area contributed by atoms with Crippen molar-refractivity contribution in [2.45, 2.75) is 65.5 Å². The van der Waals surface area contributed by atoms with Crippen molar-refractivity contribution < 1.29 is 4.79 Å². The van der Waals surface area contributed by atoms with Crippen LogP contribution in [0.4, 0.5) is 5.69 Å². The number of benzene rings is 1. The second kappa shape index (κ2) is 8.63. The summed E-state index contributed by atoms with van der Waals surface area (Å²) in [4.78, 5) is 30.3. The Labute approximate surface area is 167 Å².